The highest BCUT2D eigenvalue weighted by molar-refractivity contribution is 5.61. The van der Waals surface area contributed by atoms with E-state index in [1.165, 1.54) is 12.1 Å². The average molecular weight is 205 g/mol. The summed E-state index contributed by atoms with van der Waals surface area (Å²) in [7, 11) is 1.87. The molecule has 0 saturated carbocycles. The smallest absolute Gasteiger partial charge is 0.123 e. The van der Waals surface area contributed by atoms with Gasteiger partial charge in [0.15, 0.2) is 0 Å². The molecule has 2 aromatic rings. The van der Waals surface area contributed by atoms with Gasteiger partial charge in [-0.3, -0.25) is 0 Å². The maximum absolute atomic E-state index is 12.7. The molecule has 0 aliphatic carbocycles. The van der Waals surface area contributed by atoms with E-state index in [0.717, 1.165) is 17.0 Å². The first-order valence-electron chi connectivity index (χ1n) is 4.74. The van der Waals surface area contributed by atoms with Gasteiger partial charge in [-0.25, -0.2) is 9.37 Å². The van der Waals surface area contributed by atoms with Gasteiger partial charge in [0.2, 0.25) is 0 Å². The van der Waals surface area contributed by atoms with Crippen LogP contribution in [-0.4, -0.2) is 17.0 Å². The molecule has 0 radical (unpaired) electrons. The van der Waals surface area contributed by atoms with E-state index in [9.17, 15) is 4.39 Å². The molecule has 0 atom stereocenters. The average Bonchev–Trinajstić information content (AvgIpc) is 2.68. The molecule has 0 fully saturated rings. The Labute approximate surface area is 87.4 Å². The van der Waals surface area contributed by atoms with Crippen LogP contribution < -0.4 is 5.32 Å². The Morgan fingerprint density at radius 2 is 2.07 bits per heavy atom. The van der Waals surface area contributed by atoms with Crippen LogP contribution in [-0.2, 0) is 6.54 Å². The largest absolute Gasteiger partial charge is 0.347 e. The summed E-state index contributed by atoms with van der Waals surface area (Å²) < 4.78 is 12.7. The zero-order valence-corrected chi connectivity index (χ0v) is 8.42. The lowest BCUT2D eigenvalue weighted by atomic mass is 10.1. The second-order valence-electron chi connectivity index (χ2n) is 3.27. The van der Waals surface area contributed by atoms with Crippen molar-refractivity contribution in [3.63, 3.8) is 0 Å². The Bertz CT molecular complexity index is 433. The molecule has 0 saturated heterocycles. The zero-order chi connectivity index (χ0) is 10.7. The first kappa shape index (κ1) is 9.86. The third-order valence-corrected chi connectivity index (χ3v) is 2.19. The van der Waals surface area contributed by atoms with Crippen LogP contribution in [0, 0.1) is 5.82 Å². The van der Waals surface area contributed by atoms with Gasteiger partial charge in [-0.1, -0.05) is 0 Å². The van der Waals surface area contributed by atoms with Crippen LogP contribution in [0.3, 0.4) is 0 Å². The number of nitrogens with zero attached hydrogens (tertiary/aromatic N) is 1. The zero-order valence-electron chi connectivity index (χ0n) is 8.42. The summed E-state index contributed by atoms with van der Waals surface area (Å²) in [5, 5.41) is 3.05. The van der Waals surface area contributed by atoms with Crippen LogP contribution in [0.25, 0.3) is 11.3 Å². The van der Waals surface area contributed by atoms with Crippen molar-refractivity contribution in [1.82, 2.24) is 15.3 Å². The standard InChI is InChI=1S/C11H12FN3/c1-13-6-10-11(15-7-14-10)8-2-4-9(12)5-3-8/h2-5,7,13H,6H2,1H3,(H,14,15). The van der Waals surface area contributed by atoms with Crippen molar-refractivity contribution >= 4 is 0 Å². The van der Waals surface area contributed by atoms with Gasteiger partial charge in [0.25, 0.3) is 0 Å². The minimum Gasteiger partial charge on any atom is -0.347 e. The number of hydrogen-bond acceptors (Lipinski definition) is 2. The minimum atomic E-state index is -0.232. The summed E-state index contributed by atoms with van der Waals surface area (Å²) in [6, 6.07) is 6.33. The number of rotatable bonds is 3. The fourth-order valence-electron chi connectivity index (χ4n) is 1.49. The van der Waals surface area contributed by atoms with Gasteiger partial charge < -0.3 is 10.3 Å². The summed E-state index contributed by atoms with van der Waals surface area (Å²) in [5.41, 5.74) is 2.79. The molecule has 0 aliphatic rings. The monoisotopic (exact) mass is 205 g/mol. The van der Waals surface area contributed by atoms with E-state index in [0.29, 0.717) is 6.54 Å². The minimum absolute atomic E-state index is 0.232. The fraction of sp³-hybridized carbons (Fsp3) is 0.182. The molecule has 2 rings (SSSR count). The first-order valence-corrected chi connectivity index (χ1v) is 4.74. The number of nitrogens with one attached hydrogen (secondary N) is 2. The summed E-state index contributed by atoms with van der Waals surface area (Å²) in [4.78, 5) is 7.27. The molecule has 2 N–H and O–H groups in total. The van der Waals surface area contributed by atoms with Gasteiger partial charge in [0.1, 0.15) is 5.82 Å². The van der Waals surface area contributed by atoms with Crippen molar-refractivity contribution in [2.75, 3.05) is 7.05 Å². The van der Waals surface area contributed by atoms with Crippen molar-refractivity contribution in [1.29, 1.82) is 0 Å². The SMILES string of the molecule is CNCc1[nH]cnc1-c1ccc(F)cc1. The van der Waals surface area contributed by atoms with E-state index in [2.05, 4.69) is 15.3 Å². The van der Waals surface area contributed by atoms with E-state index in [1.54, 1.807) is 18.5 Å². The summed E-state index contributed by atoms with van der Waals surface area (Å²) in [6.07, 6.45) is 1.64. The number of benzene rings is 1. The molecule has 0 aliphatic heterocycles. The lowest BCUT2D eigenvalue weighted by Gasteiger charge is -2.01. The summed E-state index contributed by atoms with van der Waals surface area (Å²) >= 11 is 0. The molecule has 0 unspecified atom stereocenters. The van der Waals surface area contributed by atoms with Crippen molar-refractivity contribution in [3.8, 4) is 11.3 Å². The quantitative estimate of drug-likeness (QED) is 0.803. The molecule has 78 valence electrons. The highest BCUT2D eigenvalue weighted by Gasteiger charge is 2.06. The third kappa shape index (κ3) is 2.05. The van der Waals surface area contributed by atoms with Gasteiger partial charge in [-0.05, 0) is 31.3 Å². The molecule has 4 heteroatoms. The predicted molar refractivity (Wildman–Crippen MR) is 56.7 cm³/mol. The Morgan fingerprint density at radius 3 is 2.73 bits per heavy atom. The summed E-state index contributed by atoms with van der Waals surface area (Å²) in [5.74, 6) is -0.232. The maximum Gasteiger partial charge on any atom is 0.123 e. The number of aromatic amines is 1. The van der Waals surface area contributed by atoms with Gasteiger partial charge in [0, 0.05) is 12.1 Å². The maximum atomic E-state index is 12.7. The van der Waals surface area contributed by atoms with E-state index in [1.807, 2.05) is 7.05 Å². The van der Waals surface area contributed by atoms with Crippen LogP contribution >= 0.6 is 0 Å². The molecule has 0 spiro atoms. The lowest BCUT2D eigenvalue weighted by Crippen LogP contribution is -2.06. The molecule has 1 aromatic carbocycles. The van der Waals surface area contributed by atoms with Crippen LogP contribution in [0.15, 0.2) is 30.6 Å². The number of aromatic nitrogens is 2. The van der Waals surface area contributed by atoms with E-state index in [-0.39, 0.29) is 5.82 Å². The molecule has 0 amide bonds. The van der Waals surface area contributed by atoms with Crippen molar-refractivity contribution in [2.45, 2.75) is 6.54 Å². The molecular weight excluding hydrogens is 193 g/mol. The molecule has 3 nitrogen and oxygen atoms in total. The predicted octanol–water partition coefficient (Wildman–Crippen LogP) is 1.94. The van der Waals surface area contributed by atoms with E-state index in [4.69, 9.17) is 0 Å². The number of imidazole rings is 1. The number of H-pyrrole nitrogens is 1. The van der Waals surface area contributed by atoms with Gasteiger partial charge in [-0.2, -0.15) is 0 Å². The normalized spacial score (nSPS) is 10.5. The van der Waals surface area contributed by atoms with Gasteiger partial charge in [0.05, 0.1) is 17.7 Å². The van der Waals surface area contributed by atoms with Crippen LogP contribution in [0.2, 0.25) is 0 Å². The van der Waals surface area contributed by atoms with Crippen molar-refractivity contribution < 1.29 is 4.39 Å². The Morgan fingerprint density at radius 1 is 1.33 bits per heavy atom. The third-order valence-electron chi connectivity index (χ3n) is 2.19. The van der Waals surface area contributed by atoms with Crippen molar-refractivity contribution in [2.24, 2.45) is 0 Å². The molecule has 0 bridgehead atoms. The van der Waals surface area contributed by atoms with Crippen LogP contribution in [0.4, 0.5) is 4.39 Å². The Hall–Kier alpha value is -1.68. The first-order chi connectivity index (χ1) is 7.31. The molecular formula is C11H12FN3. The lowest BCUT2D eigenvalue weighted by molar-refractivity contribution is 0.628. The molecule has 1 heterocycles. The second-order valence-corrected chi connectivity index (χ2v) is 3.27. The number of halogens is 1. The van der Waals surface area contributed by atoms with Gasteiger partial charge >= 0.3 is 0 Å². The van der Waals surface area contributed by atoms with Crippen LogP contribution in [0.5, 0.6) is 0 Å². The topological polar surface area (TPSA) is 40.7 Å². The highest BCUT2D eigenvalue weighted by atomic mass is 19.1. The Balaban J connectivity index is 2.36. The fourth-order valence-corrected chi connectivity index (χ4v) is 1.49. The molecule has 15 heavy (non-hydrogen) atoms. The van der Waals surface area contributed by atoms with Crippen LogP contribution in [0.1, 0.15) is 5.69 Å². The Kier molecular flexibility index (Phi) is 2.78. The number of hydrogen-bond donors (Lipinski definition) is 2. The summed E-state index contributed by atoms with van der Waals surface area (Å²) in [6.45, 7) is 0.715. The highest BCUT2D eigenvalue weighted by Crippen LogP contribution is 2.20. The second kappa shape index (κ2) is 4.23. The van der Waals surface area contributed by atoms with Crippen molar-refractivity contribution in [3.05, 3.63) is 42.1 Å². The van der Waals surface area contributed by atoms with Gasteiger partial charge in [-0.15, -0.1) is 0 Å². The van der Waals surface area contributed by atoms with E-state index < -0.39 is 0 Å². The molecule has 1 aromatic heterocycles. The van der Waals surface area contributed by atoms with E-state index >= 15 is 0 Å².